The van der Waals surface area contributed by atoms with Crippen LogP contribution in [0.15, 0.2) is 48.5 Å². The largest absolute Gasteiger partial charge is 0.0982 e. The third-order valence-corrected chi connectivity index (χ3v) is 6.87. The van der Waals surface area contributed by atoms with Gasteiger partial charge in [-0.3, -0.25) is 0 Å². The van der Waals surface area contributed by atoms with Crippen molar-refractivity contribution in [3.8, 4) is 23.7 Å². The van der Waals surface area contributed by atoms with E-state index in [1.54, 1.807) is 0 Å². The van der Waals surface area contributed by atoms with Crippen molar-refractivity contribution in [1.29, 1.82) is 0 Å². The lowest BCUT2D eigenvalue weighted by Gasteiger charge is -2.28. The first-order chi connectivity index (χ1) is 15.8. The Hall–Kier alpha value is -2.44. The van der Waals surface area contributed by atoms with Gasteiger partial charge in [0.1, 0.15) is 0 Å². The monoisotopic (exact) mass is 424 g/mol. The maximum Gasteiger partial charge on any atom is 0.0249 e. The first-order valence-electron chi connectivity index (χ1n) is 13.0. The summed E-state index contributed by atoms with van der Waals surface area (Å²) >= 11 is 0. The van der Waals surface area contributed by atoms with Gasteiger partial charge >= 0.3 is 0 Å². The van der Waals surface area contributed by atoms with E-state index in [4.69, 9.17) is 0 Å². The van der Waals surface area contributed by atoms with Gasteiger partial charge in [0.05, 0.1) is 0 Å². The van der Waals surface area contributed by atoms with Gasteiger partial charge in [-0.1, -0.05) is 107 Å². The molecule has 32 heavy (non-hydrogen) atoms. The predicted molar refractivity (Wildman–Crippen MR) is 139 cm³/mol. The van der Waals surface area contributed by atoms with Crippen LogP contribution in [0.3, 0.4) is 0 Å². The lowest BCUT2D eigenvalue weighted by molar-refractivity contribution is 0.249. The molecule has 0 aromatic heterocycles. The molecule has 1 saturated carbocycles. The highest BCUT2D eigenvalue weighted by molar-refractivity contribution is 5.46. The van der Waals surface area contributed by atoms with E-state index in [1.165, 1.54) is 76.2 Å². The Morgan fingerprint density at radius 2 is 1.16 bits per heavy atom. The molecular formula is C32H40. The Balaban J connectivity index is 1.40. The molecule has 1 aliphatic rings. The van der Waals surface area contributed by atoms with Crippen LogP contribution >= 0.6 is 0 Å². The summed E-state index contributed by atoms with van der Waals surface area (Å²) in [5, 5.41) is 0. The second kappa shape index (κ2) is 13.9. The third-order valence-electron chi connectivity index (χ3n) is 6.87. The zero-order valence-electron chi connectivity index (χ0n) is 20.3. The van der Waals surface area contributed by atoms with Crippen molar-refractivity contribution >= 4 is 0 Å². The molecule has 0 spiro atoms. The minimum absolute atomic E-state index is 0.887. The van der Waals surface area contributed by atoms with Crippen LogP contribution in [0.25, 0.3) is 0 Å². The van der Waals surface area contributed by atoms with Crippen LogP contribution in [-0.2, 0) is 6.42 Å². The third kappa shape index (κ3) is 8.60. The molecule has 2 aromatic rings. The van der Waals surface area contributed by atoms with Crippen LogP contribution in [0.5, 0.6) is 0 Å². The highest BCUT2D eigenvalue weighted by Gasteiger charge is 2.20. The van der Waals surface area contributed by atoms with Crippen LogP contribution in [0.2, 0.25) is 0 Å². The number of hydrogen-bond donors (Lipinski definition) is 0. The van der Waals surface area contributed by atoms with E-state index in [1.807, 2.05) is 0 Å². The van der Waals surface area contributed by atoms with E-state index in [2.05, 4.69) is 86.1 Å². The molecule has 0 atom stereocenters. The minimum Gasteiger partial charge on any atom is -0.0982 e. The summed E-state index contributed by atoms with van der Waals surface area (Å²) in [5.41, 5.74) is 4.64. The van der Waals surface area contributed by atoms with Gasteiger partial charge in [0.25, 0.3) is 0 Å². The van der Waals surface area contributed by atoms with E-state index >= 15 is 0 Å². The Bertz CT molecular complexity index is 900. The maximum absolute atomic E-state index is 3.30. The van der Waals surface area contributed by atoms with E-state index in [-0.39, 0.29) is 0 Å². The lowest BCUT2D eigenvalue weighted by atomic mass is 9.77. The fourth-order valence-corrected chi connectivity index (χ4v) is 4.77. The summed E-state index contributed by atoms with van der Waals surface area (Å²) in [6, 6.07) is 17.1. The summed E-state index contributed by atoms with van der Waals surface area (Å²) < 4.78 is 0. The Morgan fingerprint density at radius 3 is 1.72 bits per heavy atom. The molecule has 2 aromatic carbocycles. The Morgan fingerprint density at radius 1 is 0.625 bits per heavy atom. The molecular weight excluding hydrogens is 384 g/mol. The average molecular weight is 425 g/mol. The first-order valence-corrected chi connectivity index (χ1v) is 13.0. The number of rotatable bonds is 8. The van der Waals surface area contributed by atoms with E-state index in [0.29, 0.717) is 0 Å². The maximum atomic E-state index is 3.30. The zero-order chi connectivity index (χ0) is 22.4. The minimum atomic E-state index is 0.887. The van der Waals surface area contributed by atoms with Crippen molar-refractivity contribution in [3.63, 3.8) is 0 Å². The van der Waals surface area contributed by atoms with Gasteiger partial charge < -0.3 is 0 Å². The molecule has 3 rings (SSSR count). The van der Waals surface area contributed by atoms with Crippen molar-refractivity contribution in [2.45, 2.75) is 90.9 Å². The molecule has 1 aliphatic carbocycles. The summed E-state index contributed by atoms with van der Waals surface area (Å²) in [6.07, 6.45) is 16.4. The van der Waals surface area contributed by atoms with Gasteiger partial charge in [-0.15, -0.1) is 0 Å². The van der Waals surface area contributed by atoms with Crippen LogP contribution < -0.4 is 0 Å². The van der Waals surface area contributed by atoms with Crippen LogP contribution in [0.4, 0.5) is 0 Å². The molecule has 168 valence electrons. The molecule has 0 heterocycles. The summed E-state index contributed by atoms with van der Waals surface area (Å²) in [6.45, 7) is 4.37. The zero-order valence-corrected chi connectivity index (χ0v) is 20.3. The van der Waals surface area contributed by atoms with Crippen LogP contribution in [-0.4, -0.2) is 0 Å². The average Bonchev–Trinajstić information content (AvgIpc) is 2.85. The molecule has 0 unspecified atom stereocenters. The summed E-state index contributed by atoms with van der Waals surface area (Å²) in [5.74, 6) is 14.8. The Labute approximate surface area is 197 Å². The molecule has 0 amide bonds. The standard InChI is InChI=1S/C32H40/c1-3-5-7-8-10-28-13-17-30(18-14-28)20-22-32-25-23-31(24-26-32)21-19-29-15-11-27(12-16-29)9-6-4-2/h11-12,15-16,23-26,28,30H,3-5,7-8,10,13-14,17-18,20,22H2,1-2H3. The molecule has 0 nitrogen and oxygen atoms in total. The fourth-order valence-electron chi connectivity index (χ4n) is 4.77. The molecule has 0 saturated heterocycles. The van der Waals surface area contributed by atoms with Crippen molar-refractivity contribution in [2.24, 2.45) is 11.8 Å². The number of benzene rings is 2. The molecule has 1 fully saturated rings. The summed E-state index contributed by atoms with van der Waals surface area (Å²) in [7, 11) is 0. The fraction of sp³-hybridized carbons (Fsp3) is 0.500. The quantitative estimate of drug-likeness (QED) is 0.294. The van der Waals surface area contributed by atoms with Gasteiger partial charge in [0.2, 0.25) is 0 Å². The molecule has 0 aliphatic heterocycles. The topological polar surface area (TPSA) is 0 Å². The van der Waals surface area contributed by atoms with E-state index < -0.39 is 0 Å². The lowest BCUT2D eigenvalue weighted by Crippen LogP contribution is -2.15. The second-order valence-corrected chi connectivity index (χ2v) is 9.45. The van der Waals surface area contributed by atoms with Crippen molar-refractivity contribution < 1.29 is 0 Å². The van der Waals surface area contributed by atoms with Gasteiger partial charge in [-0.25, -0.2) is 0 Å². The van der Waals surface area contributed by atoms with Crippen LogP contribution in [0, 0.1) is 35.5 Å². The van der Waals surface area contributed by atoms with Gasteiger partial charge in [0.15, 0.2) is 0 Å². The smallest absolute Gasteiger partial charge is 0.0249 e. The second-order valence-electron chi connectivity index (χ2n) is 9.45. The van der Waals surface area contributed by atoms with Crippen LogP contribution in [0.1, 0.15) is 107 Å². The summed E-state index contributed by atoms with van der Waals surface area (Å²) in [4.78, 5) is 0. The molecule has 0 radical (unpaired) electrons. The normalized spacial score (nSPS) is 17.7. The van der Waals surface area contributed by atoms with Crippen molar-refractivity contribution in [3.05, 3.63) is 70.8 Å². The van der Waals surface area contributed by atoms with E-state index in [0.717, 1.165) is 34.9 Å². The van der Waals surface area contributed by atoms with Crippen molar-refractivity contribution in [1.82, 2.24) is 0 Å². The first kappa shape index (κ1) is 24.2. The molecule has 0 heteroatoms. The predicted octanol–water partition coefficient (Wildman–Crippen LogP) is 8.56. The van der Waals surface area contributed by atoms with Gasteiger partial charge in [0, 0.05) is 23.1 Å². The number of aryl methyl sites for hydroxylation is 1. The highest BCUT2D eigenvalue weighted by Crippen LogP contribution is 2.34. The van der Waals surface area contributed by atoms with Crippen molar-refractivity contribution in [2.75, 3.05) is 0 Å². The number of unbranched alkanes of at least 4 members (excludes halogenated alkanes) is 3. The SMILES string of the molecule is CCC#Cc1ccc(C#Cc2ccc(CCC3CCC(CCCCCC)CC3)cc2)cc1. The Kier molecular flexibility index (Phi) is 10.5. The van der Waals surface area contributed by atoms with Gasteiger partial charge in [-0.2, -0.15) is 0 Å². The number of hydrogen-bond acceptors (Lipinski definition) is 0. The van der Waals surface area contributed by atoms with E-state index in [9.17, 15) is 0 Å². The molecule has 0 N–H and O–H groups in total. The van der Waals surface area contributed by atoms with Gasteiger partial charge in [-0.05, 0) is 66.6 Å². The highest BCUT2D eigenvalue weighted by atomic mass is 14.3. The molecule has 0 bridgehead atoms.